The molecule has 1 unspecified atom stereocenters. The first-order valence-electron chi connectivity index (χ1n) is 5.89. The third-order valence-corrected chi connectivity index (χ3v) is 2.71. The highest BCUT2D eigenvalue weighted by Crippen LogP contribution is 2.17. The molecule has 1 heterocycles. The van der Waals surface area contributed by atoms with Crippen LogP contribution in [0.15, 0.2) is 0 Å². The normalized spacial score (nSPS) is 12.9. The van der Waals surface area contributed by atoms with E-state index < -0.39 is 0 Å². The Hall–Kier alpha value is -0.980. The Bertz CT molecular complexity index is 327. The van der Waals surface area contributed by atoms with Crippen LogP contribution in [0.3, 0.4) is 0 Å². The van der Waals surface area contributed by atoms with Crippen molar-refractivity contribution in [1.82, 2.24) is 15.0 Å². The molecule has 0 saturated heterocycles. The largest absolute Gasteiger partial charge is 0.382 e. The average molecular weight is 242 g/mol. The zero-order valence-electron chi connectivity index (χ0n) is 10.8. The molecule has 2 N–H and O–H groups in total. The molecule has 0 aliphatic rings. The van der Waals surface area contributed by atoms with Crippen LogP contribution >= 0.6 is 0 Å². The zero-order chi connectivity index (χ0) is 12.7. The Labute approximate surface area is 102 Å². The molecule has 0 aliphatic heterocycles. The summed E-state index contributed by atoms with van der Waals surface area (Å²) in [5.41, 5.74) is 7.48. The molecule has 0 aliphatic carbocycles. The first-order valence-corrected chi connectivity index (χ1v) is 5.89. The molecule has 0 amide bonds. The fourth-order valence-corrected chi connectivity index (χ4v) is 1.81. The van der Waals surface area contributed by atoms with Crippen LogP contribution < -0.4 is 5.73 Å². The van der Waals surface area contributed by atoms with Crippen LogP contribution in [0.5, 0.6) is 0 Å². The van der Waals surface area contributed by atoms with Gasteiger partial charge in [0.05, 0.1) is 30.6 Å². The summed E-state index contributed by atoms with van der Waals surface area (Å²) in [5.74, 6) is 0. The van der Waals surface area contributed by atoms with Gasteiger partial charge < -0.3 is 15.2 Å². The molecule has 0 fully saturated rings. The summed E-state index contributed by atoms with van der Waals surface area (Å²) in [5, 5.41) is 8.37. The van der Waals surface area contributed by atoms with Crippen LogP contribution in [0.25, 0.3) is 0 Å². The van der Waals surface area contributed by atoms with Crippen molar-refractivity contribution in [3.8, 4) is 0 Å². The Kier molecular flexibility index (Phi) is 6.10. The van der Waals surface area contributed by atoms with Crippen molar-refractivity contribution in [2.24, 2.45) is 5.73 Å². The number of methoxy groups -OCH3 is 2. The molecule has 98 valence electrons. The molecule has 0 saturated carbocycles. The second-order valence-electron chi connectivity index (χ2n) is 3.92. The molecule has 6 nitrogen and oxygen atoms in total. The van der Waals surface area contributed by atoms with Crippen molar-refractivity contribution in [2.45, 2.75) is 32.4 Å². The summed E-state index contributed by atoms with van der Waals surface area (Å²) in [7, 11) is 3.36. The van der Waals surface area contributed by atoms with Crippen LogP contribution in [0.2, 0.25) is 0 Å². The van der Waals surface area contributed by atoms with Crippen LogP contribution in [-0.2, 0) is 22.5 Å². The molecule has 0 spiro atoms. The standard InChI is InChI=1S/C11H22N4O2/c1-4-9(7-16-2)15-11(8-17-3)10(5-6-12)13-14-15/h9H,4-8,12H2,1-3H3. The van der Waals surface area contributed by atoms with Gasteiger partial charge >= 0.3 is 0 Å². The quantitative estimate of drug-likeness (QED) is 0.719. The van der Waals surface area contributed by atoms with Crippen LogP contribution in [0.4, 0.5) is 0 Å². The highest BCUT2D eigenvalue weighted by molar-refractivity contribution is 5.10. The molecule has 1 aromatic rings. The van der Waals surface area contributed by atoms with Crippen molar-refractivity contribution >= 4 is 0 Å². The van der Waals surface area contributed by atoms with Gasteiger partial charge in [-0.15, -0.1) is 5.10 Å². The number of aromatic nitrogens is 3. The lowest BCUT2D eigenvalue weighted by Crippen LogP contribution is -2.19. The Balaban J connectivity index is 2.95. The minimum Gasteiger partial charge on any atom is -0.382 e. The third kappa shape index (κ3) is 3.49. The first-order chi connectivity index (χ1) is 8.28. The Morgan fingerprint density at radius 2 is 2.12 bits per heavy atom. The number of hydrogen-bond donors (Lipinski definition) is 1. The molecule has 0 bridgehead atoms. The topological polar surface area (TPSA) is 75.2 Å². The highest BCUT2D eigenvalue weighted by atomic mass is 16.5. The molecule has 1 rings (SSSR count). The number of hydrogen-bond acceptors (Lipinski definition) is 5. The number of nitrogens with two attached hydrogens (primary N) is 1. The number of nitrogens with zero attached hydrogens (tertiary/aromatic N) is 3. The number of rotatable bonds is 8. The average Bonchev–Trinajstić information content (AvgIpc) is 2.71. The maximum Gasteiger partial charge on any atom is 0.0900 e. The fourth-order valence-electron chi connectivity index (χ4n) is 1.81. The van der Waals surface area contributed by atoms with E-state index in [9.17, 15) is 0 Å². The van der Waals surface area contributed by atoms with E-state index in [0.29, 0.717) is 19.8 Å². The summed E-state index contributed by atoms with van der Waals surface area (Å²) in [6, 6.07) is 0.198. The van der Waals surface area contributed by atoms with E-state index >= 15 is 0 Å². The molecule has 0 aromatic carbocycles. The van der Waals surface area contributed by atoms with Crippen molar-refractivity contribution in [3.63, 3.8) is 0 Å². The summed E-state index contributed by atoms with van der Waals surface area (Å²) >= 11 is 0. The zero-order valence-corrected chi connectivity index (χ0v) is 10.8. The highest BCUT2D eigenvalue weighted by Gasteiger charge is 2.18. The number of ether oxygens (including phenoxy) is 2. The van der Waals surface area contributed by atoms with Gasteiger partial charge in [-0.2, -0.15) is 0 Å². The Morgan fingerprint density at radius 3 is 2.65 bits per heavy atom. The van der Waals surface area contributed by atoms with E-state index in [-0.39, 0.29) is 6.04 Å². The SMILES string of the molecule is CCC(COC)n1nnc(CCN)c1COC. The summed E-state index contributed by atoms with van der Waals surface area (Å²) < 4.78 is 12.3. The molecule has 0 radical (unpaired) electrons. The monoisotopic (exact) mass is 242 g/mol. The predicted molar refractivity (Wildman–Crippen MR) is 64.7 cm³/mol. The van der Waals surface area contributed by atoms with Crippen molar-refractivity contribution in [1.29, 1.82) is 0 Å². The Morgan fingerprint density at radius 1 is 1.35 bits per heavy atom. The molecular formula is C11H22N4O2. The van der Waals surface area contributed by atoms with Gasteiger partial charge in [-0.25, -0.2) is 4.68 Å². The van der Waals surface area contributed by atoms with Crippen LogP contribution in [-0.4, -0.2) is 42.4 Å². The first kappa shape index (κ1) is 14.1. The third-order valence-electron chi connectivity index (χ3n) is 2.71. The summed E-state index contributed by atoms with van der Waals surface area (Å²) in [4.78, 5) is 0. The van der Waals surface area contributed by atoms with Gasteiger partial charge in [0.15, 0.2) is 0 Å². The maximum absolute atomic E-state index is 5.56. The van der Waals surface area contributed by atoms with Crippen LogP contribution in [0.1, 0.15) is 30.8 Å². The van der Waals surface area contributed by atoms with Gasteiger partial charge in [0, 0.05) is 20.6 Å². The smallest absolute Gasteiger partial charge is 0.0900 e. The van der Waals surface area contributed by atoms with Gasteiger partial charge in [-0.3, -0.25) is 0 Å². The van der Waals surface area contributed by atoms with E-state index in [1.807, 2.05) is 4.68 Å². The minimum atomic E-state index is 0.198. The molecular weight excluding hydrogens is 220 g/mol. The van der Waals surface area contributed by atoms with Gasteiger partial charge in [0.25, 0.3) is 0 Å². The second-order valence-corrected chi connectivity index (χ2v) is 3.92. The van der Waals surface area contributed by atoms with Gasteiger partial charge in [0.1, 0.15) is 0 Å². The molecule has 1 aromatic heterocycles. The molecule has 17 heavy (non-hydrogen) atoms. The lowest BCUT2D eigenvalue weighted by atomic mass is 10.2. The molecule has 6 heteroatoms. The lowest BCUT2D eigenvalue weighted by molar-refractivity contribution is 0.133. The summed E-state index contributed by atoms with van der Waals surface area (Å²) in [6.45, 7) is 3.79. The van der Waals surface area contributed by atoms with E-state index in [1.54, 1.807) is 14.2 Å². The fraction of sp³-hybridized carbons (Fsp3) is 0.818. The summed E-state index contributed by atoms with van der Waals surface area (Å²) in [6.07, 6.45) is 1.66. The van der Waals surface area contributed by atoms with E-state index in [4.69, 9.17) is 15.2 Å². The van der Waals surface area contributed by atoms with Gasteiger partial charge in [0.2, 0.25) is 0 Å². The van der Waals surface area contributed by atoms with Crippen molar-refractivity contribution in [2.75, 3.05) is 27.4 Å². The van der Waals surface area contributed by atoms with E-state index in [2.05, 4.69) is 17.2 Å². The predicted octanol–water partition coefficient (Wildman–Crippen LogP) is 0.523. The van der Waals surface area contributed by atoms with E-state index in [0.717, 1.165) is 24.2 Å². The van der Waals surface area contributed by atoms with Crippen molar-refractivity contribution in [3.05, 3.63) is 11.4 Å². The lowest BCUT2D eigenvalue weighted by Gasteiger charge is -2.16. The van der Waals surface area contributed by atoms with Gasteiger partial charge in [-0.1, -0.05) is 12.1 Å². The van der Waals surface area contributed by atoms with Crippen LogP contribution in [0, 0.1) is 0 Å². The molecule has 1 atom stereocenters. The minimum absolute atomic E-state index is 0.198. The maximum atomic E-state index is 5.56. The van der Waals surface area contributed by atoms with Crippen molar-refractivity contribution < 1.29 is 9.47 Å². The van der Waals surface area contributed by atoms with E-state index in [1.165, 1.54) is 0 Å². The second kappa shape index (κ2) is 7.37. The van der Waals surface area contributed by atoms with Gasteiger partial charge in [-0.05, 0) is 13.0 Å².